The molecular formula is C20H20N2O3. The van der Waals surface area contributed by atoms with Crippen LogP contribution in [0.5, 0.6) is 5.75 Å². The van der Waals surface area contributed by atoms with Crippen molar-refractivity contribution in [1.29, 1.82) is 0 Å². The van der Waals surface area contributed by atoms with Crippen molar-refractivity contribution in [2.75, 3.05) is 0 Å². The number of ether oxygens (including phenoxy) is 1. The molecule has 0 aliphatic carbocycles. The van der Waals surface area contributed by atoms with Gasteiger partial charge in [0.1, 0.15) is 5.75 Å². The van der Waals surface area contributed by atoms with Gasteiger partial charge in [0.05, 0.1) is 0 Å². The van der Waals surface area contributed by atoms with Crippen LogP contribution >= 0.6 is 0 Å². The lowest BCUT2D eigenvalue weighted by molar-refractivity contribution is 0.0988. The number of rotatable bonds is 7. The number of carbonyl (C=O) groups is 1. The highest BCUT2D eigenvalue weighted by Crippen LogP contribution is 2.18. The minimum atomic E-state index is 0.113. The van der Waals surface area contributed by atoms with Crippen LogP contribution in [0.4, 0.5) is 0 Å². The Bertz CT molecular complexity index is 836. The lowest BCUT2D eigenvalue weighted by Crippen LogP contribution is -1.98. The maximum absolute atomic E-state index is 11.6. The zero-order chi connectivity index (χ0) is 17.6. The first-order valence-electron chi connectivity index (χ1n) is 8.37. The van der Waals surface area contributed by atoms with Gasteiger partial charge in [-0.05, 0) is 36.2 Å². The number of hydrogen-bond donors (Lipinski definition) is 0. The Hall–Kier alpha value is -2.95. The van der Waals surface area contributed by atoms with Crippen LogP contribution in [-0.2, 0) is 13.0 Å². The molecule has 128 valence electrons. The number of nitrogens with zero attached hydrogens (tertiary/aromatic N) is 2. The Labute approximate surface area is 146 Å². The first-order valence-corrected chi connectivity index (χ1v) is 8.37. The molecule has 1 heterocycles. The van der Waals surface area contributed by atoms with E-state index in [0.29, 0.717) is 29.4 Å². The van der Waals surface area contributed by atoms with Gasteiger partial charge >= 0.3 is 0 Å². The monoisotopic (exact) mass is 336 g/mol. The number of aryl methyl sites for hydroxylation is 1. The van der Waals surface area contributed by atoms with Gasteiger partial charge < -0.3 is 9.26 Å². The van der Waals surface area contributed by atoms with Gasteiger partial charge in [-0.15, -0.1) is 0 Å². The summed E-state index contributed by atoms with van der Waals surface area (Å²) >= 11 is 0. The van der Waals surface area contributed by atoms with E-state index in [0.717, 1.165) is 12.0 Å². The first kappa shape index (κ1) is 16.9. The Morgan fingerprint density at radius 3 is 2.40 bits per heavy atom. The summed E-state index contributed by atoms with van der Waals surface area (Å²) in [5.41, 5.74) is 2.86. The van der Waals surface area contributed by atoms with Crippen molar-refractivity contribution < 1.29 is 14.1 Å². The standard InChI is InChI=1S/C20H20N2O3/c1-3-14-5-7-16(8-6-14)20-21-19(25-22-20)13-24-17-11-9-15(10-12-17)18(23)4-2/h5-12H,3-4,13H2,1-2H3. The van der Waals surface area contributed by atoms with Crippen molar-refractivity contribution in [3.8, 4) is 17.1 Å². The minimum absolute atomic E-state index is 0.113. The summed E-state index contributed by atoms with van der Waals surface area (Å²) in [4.78, 5) is 16.0. The molecule has 0 amide bonds. The van der Waals surface area contributed by atoms with Gasteiger partial charge in [0.2, 0.25) is 5.82 Å². The maximum atomic E-state index is 11.6. The van der Waals surface area contributed by atoms with Crippen molar-refractivity contribution in [2.45, 2.75) is 33.3 Å². The fraction of sp³-hybridized carbons (Fsp3) is 0.250. The van der Waals surface area contributed by atoms with Crippen LogP contribution in [0.15, 0.2) is 53.1 Å². The summed E-state index contributed by atoms with van der Waals surface area (Å²) in [6, 6.07) is 15.1. The molecular weight excluding hydrogens is 316 g/mol. The summed E-state index contributed by atoms with van der Waals surface area (Å²) < 4.78 is 10.9. The second kappa shape index (κ2) is 7.75. The molecule has 5 nitrogen and oxygen atoms in total. The van der Waals surface area contributed by atoms with Crippen molar-refractivity contribution in [3.05, 3.63) is 65.5 Å². The normalized spacial score (nSPS) is 10.6. The van der Waals surface area contributed by atoms with Crippen molar-refractivity contribution >= 4 is 5.78 Å². The molecule has 0 spiro atoms. The van der Waals surface area contributed by atoms with Crippen LogP contribution < -0.4 is 4.74 Å². The van der Waals surface area contributed by atoms with Crippen molar-refractivity contribution in [2.24, 2.45) is 0 Å². The zero-order valence-electron chi connectivity index (χ0n) is 14.4. The summed E-state index contributed by atoms with van der Waals surface area (Å²) in [5.74, 6) is 1.72. The highest BCUT2D eigenvalue weighted by Gasteiger charge is 2.10. The molecule has 1 aromatic heterocycles. The van der Waals surface area contributed by atoms with E-state index in [1.165, 1.54) is 5.56 Å². The maximum Gasteiger partial charge on any atom is 0.264 e. The van der Waals surface area contributed by atoms with E-state index in [9.17, 15) is 4.79 Å². The largest absolute Gasteiger partial charge is 0.484 e. The van der Waals surface area contributed by atoms with E-state index in [1.807, 2.05) is 19.1 Å². The fourth-order valence-electron chi connectivity index (χ4n) is 2.41. The van der Waals surface area contributed by atoms with Crippen LogP contribution in [0.1, 0.15) is 42.1 Å². The second-order valence-electron chi connectivity index (χ2n) is 5.65. The smallest absolute Gasteiger partial charge is 0.264 e. The predicted octanol–water partition coefficient (Wildman–Crippen LogP) is 4.47. The van der Waals surface area contributed by atoms with E-state index in [2.05, 4.69) is 29.2 Å². The molecule has 0 bridgehead atoms. The number of ketones is 1. The second-order valence-corrected chi connectivity index (χ2v) is 5.65. The van der Waals surface area contributed by atoms with Gasteiger partial charge in [-0.25, -0.2) is 0 Å². The number of benzene rings is 2. The molecule has 2 aromatic carbocycles. The molecule has 0 atom stereocenters. The highest BCUT2D eigenvalue weighted by molar-refractivity contribution is 5.95. The van der Waals surface area contributed by atoms with Gasteiger partial charge in [-0.3, -0.25) is 4.79 Å². The quantitative estimate of drug-likeness (QED) is 0.596. The van der Waals surface area contributed by atoms with Crippen LogP contribution in [0.3, 0.4) is 0 Å². The summed E-state index contributed by atoms with van der Waals surface area (Å²) in [6.07, 6.45) is 1.48. The Kier molecular flexibility index (Phi) is 5.23. The van der Waals surface area contributed by atoms with Gasteiger partial charge in [0.25, 0.3) is 5.89 Å². The van der Waals surface area contributed by atoms with Crippen LogP contribution in [0.25, 0.3) is 11.4 Å². The number of hydrogen-bond acceptors (Lipinski definition) is 5. The van der Waals surface area contributed by atoms with Gasteiger partial charge in [-0.2, -0.15) is 4.98 Å². The molecule has 5 heteroatoms. The van der Waals surface area contributed by atoms with Crippen molar-refractivity contribution in [1.82, 2.24) is 10.1 Å². The molecule has 0 saturated carbocycles. The summed E-state index contributed by atoms with van der Waals surface area (Å²) in [7, 11) is 0. The van der Waals surface area contributed by atoms with Gasteiger partial charge in [0.15, 0.2) is 12.4 Å². The zero-order valence-corrected chi connectivity index (χ0v) is 14.4. The van der Waals surface area contributed by atoms with Gasteiger partial charge in [-0.1, -0.05) is 43.3 Å². The lowest BCUT2D eigenvalue weighted by atomic mass is 10.1. The van der Waals surface area contributed by atoms with Crippen LogP contribution in [-0.4, -0.2) is 15.9 Å². The van der Waals surface area contributed by atoms with E-state index in [4.69, 9.17) is 9.26 Å². The Balaban J connectivity index is 1.62. The molecule has 0 N–H and O–H groups in total. The molecule has 0 saturated heterocycles. The van der Waals surface area contributed by atoms with Crippen molar-refractivity contribution in [3.63, 3.8) is 0 Å². The third-order valence-corrected chi connectivity index (χ3v) is 3.95. The molecule has 3 rings (SSSR count). The SMILES string of the molecule is CCC(=O)c1ccc(OCc2nc(-c3ccc(CC)cc3)no2)cc1. The van der Waals surface area contributed by atoms with E-state index in [1.54, 1.807) is 24.3 Å². The molecule has 0 aliphatic rings. The molecule has 25 heavy (non-hydrogen) atoms. The van der Waals surface area contributed by atoms with E-state index < -0.39 is 0 Å². The first-order chi connectivity index (χ1) is 12.2. The minimum Gasteiger partial charge on any atom is -0.484 e. The fourth-order valence-corrected chi connectivity index (χ4v) is 2.41. The average molecular weight is 336 g/mol. The lowest BCUT2D eigenvalue weighted by Gasteiger charge is -2.04. The summed E-state index contributed by atoms with van der Waals surface area (Å²) in [6.45, 7) is 4.14. The number of carbonyl (C=O) groups excluding carboxylic acids is 1. The number of aromatic nitrogens is 2. The molecule has 0 fully saturated rings. The Morgan fingerprint density at radius 1 is 1.04 bits per heavy atom. The van der Waals surface area contributed by atoms with E-state index in [-0.39, 0.29) is 12.4 Å². The molecule has 0 aliphatic heterocycles. The van der Waals surface area contributed by atoms with Crippen LogP contribution in [0, 0.1) is 0 Å². The topological polar surface area (TPSA) is 65.2 Å². The third-order valence-electron chi connectivity index (χ3n) is 3.95. The van der Waals surface area contributed by atoms with Gasteiger partial charge in [0, 0.05) is 17.5 Å². The summed E-state index contributed by atoms with van der Waals surface area (Å²) in [5, 5.41) is 3.99. The number of Topliss-reactive ketones (excluding diaryl/α,β-unsaturated/α-hetero) is 1. The molecule has 3 aromatic rings. The molecule has 0 radical (unpaired) electrons. The predicted molar refractivity (Wildman–Crippen MR) is 94.5 cm³/mol. The Morgan fingerprint density at radius 2 is 1.76 bits per heavy atom. The third kappa shape index (κ3) is 4.12. The average Bonchev–Trinajstić information content (AvgIpc) is 3.15. The van der Waals surface area contributed by atoms with E-state index >= 15 is 0 Å². The highest BCUT2D eigenvalue weighted by atomic mass is 16.5. The van der Waals surface area contributed by atoms with Crippen LogP contribution in [0.2, 0.25) is 0 Å². The molecule has 0 unspecified atom stereocenters.